The summed E-state index contributed by atoms with van der Waals surface area (Å²) < 4.78 is 0. The van der Waals surface area contributed by atoms with Crippen molar-refractivity contribution >= 4 is 5.78 Å². The maximum Gasteiger partial charge on any atom is 0.155 e. The van der Waals surface area contributed by atoms with Crippen LogP contribution in [0.2, 0.25) is 0 Å². The van der Waals surface area contributed by atoms with Gasteiger partial charge in [-0.3, -0.25) is 4.79 Å². The van der Waals surface area contributed by atoms with E-state index in [1.165, 1.54) is 12.8 Å². The molecular formula is C12H21NO. The molecule has 2 heteroatoms. The number of Topliss-reactive ketones (excluding diaryl/α,β-unsaturated/α-hetero) is 1. The summed E-state index contributed by atoms with van der Waals surface area (Å²) >= 11 is 0. The molecule has 0 radical (unpaired) electrons. The number of hydrogen-bond donors (Lipinski definition) is 1. The van der Waals surface area contributed by atoms with Crippen molar-refractivity contribution in [1.29, 1.82) is 0 Å². The van der Waals surface area contributed by atoms with Gasteiger partial charge in [-0.25, -0.2) is 0 Å². The highest BCUT2D eigenvalue weighted by Crippen LogP contribution is 2.37. The Bertz CT molecular complexity index is 224. The zero-order valence-corrected chi connectivity index (χ0v) is 9.09. The fourth-order valence-electron chi connectivity index (χ4n) is 2.73. The third kappa shape index (κ3) is 1.72. The van der Waals surface area contributed by atoms with E-state index in [4.69, 9.17) is 5.73 Å². The molecule has 2 saturated carbocycles. The van der Waals surface area contributed by atoms with Gasteiger partial charge in [0, 0.05) is 5.92 Å². The lowest BCUT2D eigenvalue weighted by atomic mass is 9.67. The summed E-state index contributed by atoms with van der Waals surface area (Å²) in [4.78, 5) is 12.1. The number of carbonyl (C=O) groups is 1. The van der Waals surface area contributed by atoms with Crippen LogP contribution in [0, 0.1) is 11.8 Å². The molecule has 0 amide bonds. The van der Waals surface area contributed by atoms with Crippen LogP contribution in [0.3, 0.4) is 0 Å². The van der Waals surface area contributed by atoms with Crippen molar-refractivity contribution in [1.82, 2.24) is 0 Å². The largest absolute Gasteiger partial charge is 0.319 e. The molecule has 0 aromatic carbocycles. The van der Waals surface area contributed by atoms with Gasteiger partial charge in [-0.1, -0.05) is 19.8 Å². The number of ketones is 1. The van der Waals surface area contributed by atoms with Crippen molar-refractivity contribution in [3.63, 3.8) is 0 Å². The van der Waals surface area contributed by atoms with E-state index in [9.17, 15) is 4.79 Å². The van der Waals surface area contributed by atoms with Crippen molar-refractivity contribution in [3.8, 4) is 0 Å². The van der Waals surface area contributed by atoms with E-state index < -0.39 is 5.54 Å². The third-order valence-corrected chi connectivity index (χ3v) is 4.12. The highest BCUT2D eigenvalue weighted by atomic mass is 16.1. The van der Waals surface area contributed by atoms with Gasteiger partial charge < -0.3 is 5.73 Å². The van der Waals surface area contributed by atoms with Crippen LogP contribution in [0.5, 0.6) is 0 Å². The van der Waals surface area contributed by atoms with Gasteiger partial charge in [-0.2, -0.15) is 0 Å². The summed E-state index contributed by atoms with van der Waals surface area (Å²) in [6.45, 7) is 2.28. The van der Waals surface area contributed by atoms with Gasteiger partial charge in [0.2, 0.25) is 0 Å². The Balaban J connectivity index is 1.92. The van der Waals surface area contributed by atoms with Crippen LogP contribution in [-0.4, -0.2) is 11.3 Å². The maximum absolute atomic E-state index is 12.1. The Morgan fingerprint density at radius 3 is 2.21 bits per heavy atom. The molecule has 0 saturated heterocycles. The van der Waals surface area contributed by atoms with Crippen LogP contribution < -0.4 is 5.73 Å². The molecule has 0 aliphatic heterocycles. The molecule has 2 nitrogen and oxygen atoms in total. The van der Waals surface area contributed by atoms with Crippen molar-refractivity contribution < 1.29 is 4.79 Å². The molecule has 2 fully saturated rings. The average molecular weight is 195 g/mol. The van der Waals surface area contributed by atoms with E-state index in [0.717, 1.165) is 38.0 Å². The molecule has 0 aromatic rings. The predicted octanol–water partition coefficient (Wildman–Crippen LogP) is 2.26. The first-order chi connectivity index (χ1) is 6.62. The van der Waals surface area contributed by atoms with Gasteiger partial charge in [-0.15, -0.1) is 0 Å². The number of hydrogen-bond acceptors (Lipinski definition) is 2. The maximum atomic E-state index is 12.1. The quantitative estimate of drug-likeness (QED) is 0.734. The molecule has 2 rings (SSSR count). The van der Waals surface area contributed by atoms with Gasteiger partial charge in [0.25, 0.3) is 0 Å². The van der Waals surface area contributed by atoms with E-state index in [1.807, 2.05) is 0 Å². The topological polar surface area (TPSA) is 43.1 Å². The molecule has 0 aromatic heterocycles. The van der Waals surface area contributed by atoms with Gasteiger partial charge >= 0.3 is 0 Å². The summed E-state index contributed by atoms with van der Waals surface area (Å²) in [6.07, 6.45) is 7.60. The van der Waals surface area contributed by atoms with Gasteiger partial charge in [0.15, 0.2) is 5.78 Å². The Kier molecular flexibility index (Phi) is 2.65. The summed E-state index contributed by atoms with van der Waals surface area (Å²) in [5, 5.41) is 0. The SMILES string of the molecule is CC1CCC(C(=O)C2(N)CCC2)CC1. The standard InChI is InChI=1S/C12H21NO/c1-9-3-5-10(6-4-9)11(14)12(13)7-2-8-12/h9-10H,2-8,13H2,1H3. The zero-order chi connectivity index (χ0) is 10.2. The molecule has 80 valence electrons. The fraction of sp³-hybridized carbons (Fsp3) is 0.917. The molecular weight excluding hydrogens is 174 g/mol. The van der Waals surface area contributed by atoms with Crippen LogP contribution in [-0.2, 0) is 4.79 Å². The number of rotatable bonds is 2. The van der Waals surface area contributed by atoms with Crippen LogP contribution >= 0.6 is 0 Å². The molecule has 0 atom stereocenters. The van der Waals surface area contributed by atoms with E-state index in [1.54, 1.807) is 0 Å². The van der Waals surface area contributed by atoms with Crippen molar-refractivity contribution in [2.45, 2.75) is 57.4 Å². The fourth-order valence-corrected chi connectivity index (χ4v) is 2.73. The predicted molar refractivity (Wildman–Crippen MR) is 56.9 cm³/mol. The van der Waals surface area contributed by atoms with Crippen LogP contribution in [0.4, 0.5) is 0 Å². The number of nitrogens with two attached hydrogens (primary N) is 1. The van der Waals surface area contributed by atoms with E-state index in [-0.39, 0.29) is 5.92 Å². The normalized spacial score (nSPS) is 36.1. The van der Waals surface area contributed by atoms with Crippen molar-refractivity contribution in [2.75, 3.05) is 0 Å². The average Bonchev–Trinajstić information content (AvgIpc) is 2.14. The zero-order valence-electron chi connectivity index (χ0n) is 9.09. The summed E-state index contributed by atoms with van der Waals surface area (Å²) in [5.41, 5.74) is 5.65. The lowest BCUT2D eigenvalue weighted by molar-refractivity contribution is -0.132. The molecule has 0 heterocycles. The van der Waals surface area contributed by atoms with Gasteiger partial charge in [0.05, 0.1) is 5.54 Å². The second-order valence-electron chi connectivity index (χ2n) is 5.33. The molecule has 0 bridgehead atoms. The van der Waals surface area contributed by atoms with Gasteiger partial charge in [0.1, 0.15) is 0 Å². The molecule has 2 N–H and O–H groups in total. The summed E-state index contributed by atoms with van der Waals surface area (Å²) in [6, 6.07) is 0. The highest BCUT2D eigenvalue weighted by molar-refractivity contribution is 5.91. The van der Waals surface area contributed by atoms with Gasteiger partial charge in [-0.05, 0) is 38.0 Å². The second kappa shape index (κ2) is 3.65. The van der Waals surface area contributed by atoms with Crippen molar-refractivity contribution in [3.05, 3.63) is 0 Å². The molecule has 2 aliphatic rings. The third-order valence-electron chi connectivity index (χ3n) is 4.12. The lowest BCUT2D eigenvalue weighted by Crippen LogP contribution is -2.56. The van der Waals surface area contributed by atoms with Crippen LogP contribution in [0.15, 0.2) is 0 Å². The highest BCUT2D eigenvalue weighted by Gasteiger charge is 2.43. The summed E-state index contributed by atoms with van der Waals surface area (Å²) in [5.74, 6) is 1.47. The molecule has 0 spiro atoms. The number of carbonyl (C=O) groups excluding carboxylic acids is 1. The second-order valence-corrected chi connectivity index (χ2v) is 5.33. The van der Waals surface area contributed by atoms with E-state index in [0.29, 0.717) is 5.78 Å². The molecule has 14 heavy (non-hydrogen) atoms. The Morgan fingerprint density at radius 2 is 1.79 bits per heavy atom. The van der Waals surface area contributed by atoms with E-state index in [2.05, 4.69) is 6.92 Å². The summed E-state index contributed by atoms with van der Waals surface area (Å²) in [7, 11) is 0. The van der Waals surface area contributed by atoms with Crippen LogP contribution in [0.1, 0.15) is 51.9 Å². The minimum absolute atomic E-state index is 0.288. The lowest BCUT2D eigenvalue weighted by Gasteiger charge is -2.40. The minimum atomic E-state index is -0.411. The minimum Gasteiger partial charge on any atom is -0.319 e. The Labute approximate surface area is 86.2 Å². The molecule has 0 unspecified atom stereocenters. The van der Waals surface area contributed by atoms with E-state index >= 15 is 0 Å². The monoisotopic (exact) mass is 195 g/mol. The molecule has 2 aliphatic carbocycles. The first kappa shape index (κ1) is 10.2. The first-order valence-electron chi connectivity index (χ1n) is 5.95. The first-order valence-corrected chi connectivity index (χ1v) is 5.95. The Hall–Kier alpha value is -0.370. The Morgan fingerprint density at radius 1 is 1.21 bits per heavy atom. The smallest absolute Gasteiger partial charge is 0.155 e. The van der Waals surface area contributed by atoms with Crippen molar-refractivity contribution in [2.24, 2.45) is 17.6 Å². The van der Waals surface area contributed by atoms with Crippen LogP contribution in [0.25, 0.3) is 0 Å².